The van der Waals surface area contributed by atoms with Crippen molar-refractivity contribution >= 4 is 17.0 Å². The fourth-order valence-electron chi connectivity index (χ4n) is 3.18. The number of halogens is 2. The molecule has 0 amide bonds. The summed E-state index contributed by atoms with van der Waals surface area (Å²) in [4.78, 5) is 16.7. The molecule has 1 aliphatic carbocycles. The molecule has 0 N–H and O–H groups in total. The van der Waals surface area contributed by atoms with Gasteiger partial charge in [0, 0.05) is 0 Å². The minimum Gasteiger partial charge on any atom is -0.457 e. The fraction of sp³-hybridized carbons (Fsp3) is 0.263. The third-order valence-corrected chi connectivity index (χ3v) is 4.66. The van der Waals surface area contributed by atoms with Crippen LogP contribution in [0.25, 0.3) is 11.0 Å². The van der Waals surface area contributed by atoms with Crippen molar-refractivity contribution in [2.45, 2.75) is 31.4 Å². The lowest BCUT2D eigenvalue weighted by Crippen LogP contribution is -2.23. The van der Waals surface area contributed by atoms with Crippen molar-refractivity contribution in [3.63, 3.8) is 0 Å². The van der Waals surface area contributed by atoms with Crippen molar-refractivity contribution in [3.05, 3.63) is 66.0 Å². The molecule has 1 aliphatic rings. The third-order valence-electron chi connectivity index (χ3n) is 4.66. The standard InChI is InChI=1S/C19H16F2N2O2/c20-18(21)23-15-9-5-4-8-14(15)22-16(23)12-25-17(24)19(10-11-19)13-6-2-1-3-7-13/h1-9,18H,10-12H2. The first-order valence-electron chi connectivity index (χ1n) is 8.08. The van der Waals surface area contributed by atoms with Crippen LogP contribution in [0.4, 0.5) is 8.78 Å². The van der Waals surface area contributed by atoms with Gasteiger partial charge < -0.3 is 4.74 Å². The Labute approximate surface area is 143 Å². The summed E-state index contributed by atoms with van der Waals surface area (Å²) >= 11 is 0. The van der Waals surface area contributed by atoms with Gasteiger partial charge in [-0.25, -0.2) is 4.98 Å². The number of fused-ring (bicyclic) bond motifs is 1. The SMILES string of the molecule is O=C(OCc1nc2ccccc2n1C(F)F)C1(c2ccccc2)CC1. The van der Waals surface area contributed by atoms with E-state index in [4.69, 9.17) is 4.74 Å². The number of imidazole rings is 1. The number of carbonyl (C=O) groups is 1. The summed E-state index contributed by atoms with van der Waals surface area (Å²) in [5.41, 5.74) is 1.05. The normalized spacial score (nSPS) is 15.5. The predicted molar refractivity (Wildman–Crippen MR) is 88.1 cm³/mol. The summed E-state index contributed by atoms with van der Waals surface area (Å²) < 4.78 is 33.0. The maximum Gasteiger partial charge on any atom is 0.320 e. The van der Waals surface area contributed by atoms with Crippen LogP contribution in [0.15, 0.2) is 54.6 Å². The number of rotatable bonds is 5. The van der Waals surface area contributed by atoms with Crippen molar-refractivity contribution in [3.8, 4) is 0 Å². The number of ether oxygens (including phenoxy) is 1. The van der Waals surface area contributed by atoms with Gasteiger partial charge in [0.25, 0.3) is 0 Å². The van der Waals surface area contributed by atoms with Crippen molar-refractivity contribution < 1.29 is 18.3 Å². The number of para-hydroxylation sites is 2. The average Bonchev–Trinajstić information content (AvgIpc) is 3.35. The Balaban J connectivity index is 1.57. The topological polar surface area (TPSA) is 44.1 Å². The third kappa shape index (κ3) is 2.67. The quantitative estimate of drug-likeness (QED) is 0.653. The molecule has 0 atom stereocenters. The molecule has 1 aromatic heterocycles. The van der Waals surface area contributed by atoms with Gasteiger partial charge in [0.15, 0.2) is 5.82 Å². The van der Waals surface area contributed by atoms with E-state index in [0.717, 1.165) is 10.1 Å². The molecule has 1 heterocycles. The molecule has 2 aromatic carbocycles. The highest BCUT2D eigenvalue weighted by Gasteiger charge is 2.52. The largest absolute Gasteiger partial charge is 0.457 e. The lowest BCUT2D eigenvalue weighted by Gasteiger charge is -2.15. The van der Waals surface area contributed by atoms with Crippen LogP contribution < -0.4 is 0 Å². The lowest BCUT2D eigenvalue weighted by atomic mass is 9.96. The summed E-state index contributed by atoms with van der Waals surface area (Å²) in [6.07, 6.45) is 1.42. The summed E-state index contributed by atoms with van der Waals surface area (Å²) in [5.74, 6) is -0.333. The van der Waals surface area contributed by atoms with Crippen LogP contribution in [0.1, 0.15) is 30.8 Å². The van der Waals surface area contributed by atoms with E-state index in [1.807, 2.05) is 30.3 Å². The van der Waals surface area contributed by atoms with Crippen molar-refractivity contribution in [2.75, 3.05) is 0 Å². The van der Waals surface area contributed by atoms with Crippen LogP contribution in [-0.4, -0.2) is 15.5 Å². The second kappa shape index (κ2) is 5.95. The van der Waals surface area contributed by atoms with Crippen molar-refractivity contribution in [1.82, 2.24) is 9.55 Å². The van der Waals surface area contributed by atoms with E-state index in [-0.39, 0.29) is 18.4 Å². The van der Waals surface area contributed by atoms with Gasteiger partial charge in [0.2, 0.25) is 0 Å². The molecule has 0 radical (unpaired) electrons. The molecule has 0 bridgehead atoms. The summed E-state index contributed by atoms with van der Waals surface area (Å²) in [6.45, 7) is -3.02. The Hall–Kier alpha value is -2.76. The van der Waals surface area contributed by atoms with Gasteiger partial charge in [0.05, 0.1) is 16.4 Å². The molecule has 6 heteroatoms. The van der Waals surface area contributed by atoms with Crippen LogP contribution in [0.2, 0.25) is 0 Å². The van der Waals surface area contributed by atoms with Gasteiger partial charge in [0.1, 0.15) is 6.61 Å². The number of nitrogens with zero attached hydrogens (tertiary/aromatic N) is 2. The predicted octanol–water partition coefficient (Wildman–Crippen LogP) is 4.21. The van der Waals surface area contributed by atoms with Gasteiger partial charge in [-0.05, 0) is 30.5 Å². The minimum absolute atomic E-state index is 0.0495. The lowest BCUT2D eigenvalue weighted by molar-refractivity contribution is -0.148. The Kier molecular flexibility index (Phi) is 3.75. The molecule has 1 fully saturated rings. The molecule has 4 rings (SSSR count). The van der Waals surface area contributed by atoms with E-state index in [0.29, 0.717) is 23.9 Å². The zero-order valence-electron chi connectivity index (χ0n) is 13.4. The molecule has 3 aromatic rings. The summed E-state index contributed by atoms with van der Waals surface area (Å²) in [6, 6.07) is 16.1. The zero-order valence-corrected chi connectivity index (χ0v) is 13.4. The highest BCUT2D eigenvalue weighted by Crippen LogP contribution is 2.49. The Morgan fingerprint density at radius 1 is 1.12 bits per heavy atom. The number of hydrogen-bond acceptors (Lipinski definition) is 3. The molecule has 4 nitrogen and oxygen atoms in total. The highest BCUT2D eigenvalue weighted by molar-refractivity contribution is 5.86. The number of esters is 1. The molecule has 1 saturated carbocycles. The molecule has 128 valence electrons. The van der Waals surface area contributed by atoms with Crippen molar-refractivity contribution in [2.24, 2.45) is 0 Å². The average molecular weight is 342 g/mol. The van der Waals surface area contributed by atoms with Gasteiger partial charge in [-0.2, -0.15) is 8.78 Å². The summed E-state index contributed by atoms with van der Waals surface area (Å²) in [5, 5.41) is 0. The van der Waals surface area contributed by atoms with E-state index < -0.39 is 12.0 Å². The molecular weight excluding hydrogens is 326 g/mol. The van der Waals surface area contributed by atoms with Gasteiger partial charge >= 0.3 is 12.5 Å². The fourth-order valence-corrected chi connectivity index (χ4v) is 3.18. The first-order valence-corrected chi connectivity index (χ1v) is 8.08. The maximum absolute atomic E-state index is 13.4. The van der Waals surface area contributed by atoms with Crippen molar-refractivity contribution in [1.29, 1.82) is 0 Å². The van der Waals surface area contributed by atoms with E-state index in [9.17, 15) is 13.6 Å². The zero-order chi connectivity index (χ0) is 17.4. The molecule has 0 aliphatic heterocycles. The van der Waals surface area contributed by atoms with Gasteiger partial charge in [-0.15, -0.1) is 0 Å². The van der Waals surface area contributed by atoms with E-state index in [1.165, 1.54) is 0 Å². The number of aromatic nitrogens is 2. The second-order valence-electron chi connectivity index (χ2n) is 6.19. The van der Waals surface area contributed by atoms with Crippen LogP contribution in [-0.2, 0) is 21.6 Å². The second-order valence-corrected chi connectivity index (χ2v) is 6.19. The minimum atomic E-state index is -2.75. The Bertz CT molecular complexity index is 918. The van der Waals surface area contributed by atoms with Gasteiger partial charge in [-0.3, -0.25) is 9.36 Å². The van der Waals surface area contributed by atoms with Gasteiger partial charge in [-0.1, -0.05) is 42.5 Å². The van der Waals surface area contributed by atoms with Crippen LogP contribution >= 0.6 is 0 Å². The first-order chi connectivity index (χ1) is 12.1. The van der Waals surface area contributed by atoms with Crippen LogP contribution in [0, 0.1) is 0 Å². The smallest absolute Gasteiger partial charge is 0.320 e. The number of hydrogen-bond donors (Lipinski definition) is 0. The molecule has 0 spiro atoms. The monoisotopic (exact) mass is 342 g/mol. The van der Waals surface area contributed by atoms with E-state index in [2.05, 4.69) is 4.98 Å². The first kappa shape index (κ1) is 15.7. The molecular formula is C19H16F2N2O2. The van der Waals surface area contributed by atoms with Crippen LogP contribution in [0.3, 0.4) is 0 Å². The Morgan fingerprint density at radius 3 is 2.48 bits per heavy atom. The molecule has 0 unspecified atom stereocenters. The summed E-state index contributed by atoms with van der Waals surface area (Å²) in [7, 11) is 0. The number of alkyl halides is 2. The van der Waals surface area contributed by atoms with E-state index >= 15 is 0 Å². The van der Waals surface area contributed by atoms with E-state index in [1.54, 1.807) is 24.3 Å². The number of carbonyl (C=O) groups excluding carboxylic acids is 1. The van der Waals surface area contributed by atoms with Crippen LogP contribution in [0.5, 0.6) is 0 Å². The number of benzene rings is 2. The highest BCUT2D eigenvalue weighted by atomic mass is 19.3. The molecule has 25 heavy (non-hydrogen) atoms. The Morgan fingerprint density at radius 2 is 1.80 bits per heavy atom. The molecule has 0 saturated heterocycles. The maximum atomic E-state index is 13.4.